The molecule has 0 saturated heterocycles. The number of hydrogen-bond acceptors (Lipinski definition) is 4. The molecule has 1 aromatic heterocycles. The van der Waals surface area contributed by atoms with Crippen LogP contribution in [0.2, 0.25) is 5.02 Å². The molecule has 5 heteroatoms. The van der Waals surface area contributed by atoms with Crippen LogP contribution in [0.3, 0.4) is 0 Å². The Morgan fingerprint density at radius 1 is 1.24 bits per heavy atom. The van der Waals surface area contributed by atoms with Gasteiger partial charge in [0.1, 0.15) is 5.03 Å². The van der Waals surface area contributed by atoms with Crippen molar-refractivity contribution in [1.82, 2.24) is 4.98 Å². The highest BCUT2D eigenvalue weighted by Crippen LogP contribution is 2.28. The van der Waals surface area contributed by atoms with Gasteiger partial charge in [-0.1, -0.05) is 28.5 Å². The van der Waals surface area contributed by atoms with Gasteiger partial charge in [0.15, 0.2) is 0 Å². The van der Waals surface area contributed by atoms with Crippen LogP contribution in [-0.4, -0.2) is 16.4 Å². The third-order valence-electron chi connectivity index (χ3n) is 2.03. The summed E-state index contributed by atoms with van der Waals surface area (Å²) in [6.45, 7) is 0. The molecule has 0 atom stereocenters. The van der Waals surface area contributed by atoms with Crippen LogP contribution in [0.5, 0.6) is 0 Å². The van der Waals surface area contributed by atoms with Crippen LogP contribution in [-0.2, 0) is 0 Å². The minimum absolute atomic E-state index is 0.701. The SMILES string of the molecule is O/N=C\c1cccnc1Sc1ccc(Cl)cc1. The Hall–Kier alpha value is -1.52. The highest BCUT2D eigenvalue weighted by Gasteiger charge is 2.03. The molecular weight excluding hydrogens is 256 g/mol. The van der Waals surface area contributed by atoms with E-state index in [2.05, 4.69) is 10.1 Å². The number of pyridine rings is 1. The second kappa shape index (κ2) is 5.70. The molecule has 0 aliphatic carbocycles. The summed E-state index contributed by atoms with van der Waals surface area (Å²) in [4.78, 5) is 5.27. The molecule has 2 rings (SSSR count). The zero-order valence-corrected chi connectivity index (χ0v) is 10.3. The minimum Gasteiger partial charge on any atom is -0.411 e. The van der Waals surface area contributed by atoms with Crippen LogP contribution in [0.1, 0.15) is 5.56 Å². The quantitative estimate of drug-likeness (QED) is 0.522. The molecule has 0 saturated carbocycles. The summed E-state index contributed by atoms with van der Waals surface area (Å²) in [6.07, 6.45) is 3.07. The highest BCUT2D eigenvalue weighted by atomic mass is 35.5. The summed E-state index contributed by atoms with van der Waals surface area (Å²) in [5, 5.41) is 13.1. The van der Waals surface area contributed by atoms with Crippen molar-refractivity contribution >= 4 is 29.6 Å². The molecule has 0 amide bonds. The number of benzene rings is 1. The molecule has 2 aromatic rings. The van der Waals surface area contributed by atoms with Crippen LogP contribution in [0.4, 0.5) is 0 Å². The van der Waals surface area contributed by atoms with E-state index in [1.807, 2.05) is 30.3 Å². The number of oxime groups is 1. The molecule has 1 N–H and O–H groups in total. The Morgan fingerprint density at radius 3 is 2.71 bits per heavy atom. The predicted octanol–water partition coefficient (Wildman–Crippen LogP) is 3.69. The molecule has 0 aliphatic rings. The molecule has 1 heterocycles. The standard InChI is InChI=1S/C12H9ClN2OS/c13-10-3-5-11(6-4-10)17-12-9(8-15-16)2-1-7-14-12/h1-8,16H/b15-8-. The summed E-state index contributed by atoms with van der Waals surface area (Å²) in [5.74, 6) is 0. The van der Waals surface area contributed by atoms with E-state index in [0.717, 1.165) is 15.5 Å². The van der Waals surface area contributed by atoms with Gasteiger partial charge in [-0.3, -0.25) is 0 Å². The van der Waals surface area contributed by atoms with E-state index in [1.54, 1.807) is 12.3 Å². The summed E-state index contributed by atoms with van der Waals surface area (Å²) in [7, 11) is 0. The van der Waals surface area contributed by atoms with Crippen LogP contribution in [0.25, 0.3) is 0 Å². The first-order chi connectivity index (χ1) is 8.29. The van der Waals surface area contributed by atoms with Gasteiger partial charge in [0.2, 0.25) is 0 Å². The van der Waals surface area contributed by atoms with Crippen molar-refractivity contribution in [3.05, 3.63) is 53.2 Å². The van der Waals surface area contributed by atoms with Gasteiger partial charge >= 0.3 is 0 Å². The fourth-order valence-corrected chi connectivity index (χ4v) is 2.24. The number of hydrogen-bond donors (Lipinski definition) is 1. The highest BCUT2D eigenvalue weighted by molar-refractivity contribution is 7.99. The lowest BCUT2D eigenvalue weighted by Crippen LogP contribution is -1.89. The lowest BCUT2D eigenvalue weighted by atomic mass is 10.3. The Bertz CT molecular complexity index is 528. The lowest BCUT2D eigenvalue weighted by Gasteiger charge is -2.03. The average Bonchev–Trinajstić information content (AvgIpc) is 2.35. The lowest BCUT2D eigenvalue weighted by molar-refractivity contribution is 0.321. The normalized spacial score (nSPS) is 10.9. The molecule has 0 radical (unpaired) electrons. The first kappa shape index (κ1) is 12.0. The summed E-state index contributed by atoms with van der Waals surface area (Å²) >= 11 is 7.31. The van der Waals surface area contributed by atoms with Crippen molar-refractivity contribution < 1.29 is 5.21 Å². The maximum atomic E-state index is 8.56. The van der Waals surface area contributed by atoms with Crippen LogP contribution < -0.4 is 0 Å². The smallest absolute Gasteiger partial charge is 0.110 e. The molecule has 1 aromatic carbocycles. The van der Waals surface area contributed by atoms with Crippen LogP contribution >= 0.6 is 23.4 Å². The van der Waals surface area contributed by atoms with E-state index in [9.17, 15) is 0 Å². The van der Waals surface area contributed by atoms with Gasteiger partial charge in [-0.2, -0.15) is 0 Å². The molecule has 17 heavy (non-hydrogen) atoms. The molecule has 0 fully saturated rings. The van der Waals surface area contributed by atoms with Crippen molar-refractivity contribution in [1.29, 1.82) is 0 Å². The van der Waals surface area contributed by atoms with E-state index in [-0.39, 0.29) is 0 Å². The van der Waals surface area contributed by atoms with E-state index in [1.165, 1.54) is 18.0 Å². The van der Waals surface area contributed by atoms with Crippen LogP contribution in [0, 0.1) is 0 Å². The monoisotopic (exact) mass is 264 g/mol. The van der Waals surface area contributed by atoms with E-state index < -0.39 is 0 Å². The maximum absolute atomic E-state index is 8.56. The first-order valence-corrected chi connectivity index (χ1v) is 6.05. The first-order valence-electron chi connectivity index (χ1n) is 4.85. The van der Waals surface area contributed by atoms with Gasteiger partial charge in [-0.15, -0.1) is 0 Å². The van der Waals surface area contributed by atoms with Crippen molar-refractivity contribution in [2.45, 2.75) is 9.92 Å². The number of nitrogens with zero attached hydrogens (tertiary/aromatic N) is 2. The third-order valence-corrected chi connectivity index (χ3v) is 3.32. The predicted molar refractivity (Wildman–Crippen MR) is 69.2 cm³/mol. The number of halogens is 1. The molecule has 0 spiro atoms. The van der Waals surface area contributed by atoms with Crippen molar-refractivity contribution in [2.75, 3.05) is 0 Å². The van der Waals surface area contributed by atoms with Crippen molar-refractivity contribution in [2.24, 2.45) is 5.16 Å². The van der Waals surface area contributed by atoms with E-state index >= 15 is 0 Å². The number of aromatic nitrogens is 1. The molecule has 86 valence electrons. The van der Waals surface area contributed by atoms with Gasteiger partial charge in [0.05, 0.1) is 6.21 Å². The Labute approximate surface area is 108 Å². The second-order valence-electron chi connectivity index (χ2n) is 3.20. The van der Waals surface area contributed by atoms with Gasteiger partial charge in [-0.25, -0.2) is 4.98 Å². The zero-order valence-electron chi connectivity index (χ0n) is 8.75. The van der Waals surface area contributed by atoms with E-state index in [0.29, 0.717) is 5.02 Å². The molecule has 0 aliphatic heterocycles. The van der Waals surface area contributed by atoms with Crippen molar-refractivity contribution in [3.8, 4) is 0 Å². The zero-order chi connectivity index (χ0) is 12.1. The average molecular weight is 265 g/mol. The van der Waals surface area contributed by atoms with Gasteiger partial charge < -0.3 is 5.21 Å². The molecule has 0 unspecified atom stereocenters. The summed E-state index contributed by atoms with van der Waals surface area (Å²) in [6, 6.07) is 11.1. The molecule has 0 bridgehead atoms. The fourth-order valence-electron chi connectivity index (χ4n) is 1.26. The Balaban J connectivity index is 2.26. The van der Waals surface area contributed by atoms with Gasteiger partial charge in [-0.05, 0) is 36.4 Å². The second-order valence-corrected chi connectivity index (χ2v) is 4.70. The third kappa shape index (κ3) is 3.22. The van der Waals surface area contributed by atoms with Crippen LogP contribution in [0.15, 0.2) is 57.7 Å². The fraction of sp³-hybridized carbons (Fsp3) is 0. The largest absolute Gasteiger partial charge is 0.411 e. The summed E-state index contributed by atoms with van der Waals surface area (Å²) < 4.78 is 0. The van der Waals surface area contributed by atoms with Crippen molar-refractivity contribution in [3.63, 3.8) is 0 Å². The topological polar surface area (TPSA) is 45.5 Å². The maximum Gasteiger partial charge on any atom is 0.110 e. The van der Waals surface area contributed by atoms with Gasteiger partial charge in [0, 0.05) is 21.7 Å². The Kier molecular flexibility index (Phi) is 4.01. The Morgan fingerprint density at radius 2 is 2.00 bits per heavy atom. The van der Waals surface area contributed by atoms with Gasteiger partial charge in [0.25, 0.3) is 0 Å². The van der Waals surface area contributed by atoms with E-state index in [4.69, 9.17) is 16.8 Å². The molecule has 3 nitrogen and oxygen atoms in total. The molecular formula is C12H9ClN2OS. The summed E-state index contributed by atoms with van der Waals surface area (Å²) in [5.41, 5.74) is 0.773. The minimum atomic E-state index is 0.701. The number of rotatable bonds is 3.